The van der Waals surface area contributed by atoms with Crippen LogP contribution < -0.4 is 9.62 Å². The van der Waals surface area contributed by atoms with Crippen molar-refractivity contribution in [3.05, 3.63) is 29.3 Å². The summed E-state index contributed by atoms with van der Waals surface area (Å²) in [4.78, 5) is 14.6. The summed E-state index contributed by atoms with van der Waals surface area (Å²) in [6, 6.07) is 5.66. The smallest absolute Gasteiger partial charge is 0.253 e. The minimum Gasteiger partial charge on any atom is -0.339 e. The number of hydrogen-bond donors (Lipinski definition) is 1. The van der Waals surface area contributed by atoms with Crippen molar-refractivity contribution in [2.45, 2.75) is 31.7 Å². The molecule has 2 aliphatic heterocycles. The molecule has 0 atom stereocenters. The predicted molar refractivity (Wildman–Crippen MR) is 94.9 cm³/mol. The lowest BCUT2D eigenvalue weighted by molar-refractivity contribution is 0.0703. The van der Waals surface area contributed by atoms with Crippen molar-refractivity contribution in [2.24, 2.45) is 0 Å². The number of fused-ring (bicyclic) bond motifs is 1. The van der Waals surface area contributed by atoms with Crippen LogP contribution in [-0.4, -0.2) is 58.2 Å². The number of rotatable bonds is 3. The summed E-state index contributed by atoms with van der Waals surface area (Å²) in [5, 5.41) is 3.31. The highest BCUT2D eigenvalue weighted by Crippen LogP contribution is 2.30. The SMILES string of the molecule is CN(C(=O)c1ccc2c(c1)CCCN2S(C)(=O)=O)C1CCNCC1. The lowest BCUT2D eigenvalue weighted by atomic mass is 9.99. The summed E-state index contributed by atoms with van der Waals surface area (Å²) < 4.78 is 25.3. The Labute approximate surface area is 143 Å². The minimum atomic E-state index is -3.27. The zero-order valence-corrected chi connectivity index (χ0v) is 15.1. The quantitative estimate of drug-likeness (QED) is 0.889. The van der Waals surface area contributed by atoms with Crippen LogP contribution in [-0.2, 0) is 16.4 Å². The van der Waals surface area contributed by atoms with E-state index < -0.39 is 10.0 Å². The van der Waals surface area contributed by atoms with Crippen LogP contribution in [0.3, 0.4) is 0 Å². The molecule has 0 saturated carbocycles. The Bertz CT molecular complexity index is 727. The molecule has 3 rings (SSSR count). The molecule has 0 unspecified atom stereocenters. The molecule has 1 N–H and O–H groups in total. The van der Waals surface area contributed by atoms with Crippen LogP contribution in [0.4, 0.5) is 5.69 Å². The Morgan fingerprint density at radius 1 is 1.29 bits per heavy atom. The molecule has 2 heterocycles. The molecule has 1 aromatic carbocycles. The summed E-state index contributed by atoms with van der Waals surface area (Å²) in [5.41, 5.74) is 2.30. The second-order valence-electron chi connectivity index (χ2n) is 6.68. The molecule has 7 heteroatoms. The monoisotopic (exact) mass is 351 g/mol. The van der Waals surface area contributed by atoms with Crippen LogP contribution in [0.1, 0.15) is 35.2 Å². The van der Waals surface area contributed by atoms with Crippen molar-refractivity contribution in [2.75, 3.05) is 37.2 Å². The molecule has 132 valence electrons. The molecule has 1 fully saturated rings. The average molecular weight is 351 g/mol. The van der Waals surface area contributed by atoms with Gasteiger partial charge in [0.2, 0.25) is 10.0 Å². The third-order valence-electron chi connectivity index (χ3n) is 4.98. The summed E-state index contributed by atoms with van der Waals surface area (Å²) in [5.74, 6) is 0.0150. The van der Waals surface area contributed by atoms with Crippen molar-refractivity contribution < 1.29 is 13.2 Å². The van der Waals surface area contributed by atoms with E-state index in [1.807, 2.05) is 18.0 Å². The van der Waals surface area contributed by atoms with Gasteiger partial charge in [0.15, 0.2) is 0 Å². The first kappa shape index (κ1) is 17.2. The zero-order chi connectivity index (χ0) is 17.3. The Balaban J connectivity index is 1.84. The second-order valence-corrected chi connectivity index (χ2v) is 8.59. The number of carbonyl (C=O) groups is 1. The second kappa shape index (κ2) is 6.72. The van der Waals surface area contributed by atoms with Gasteiger partial charge in [-0.2, -0.15) is 0 Å². The molecule has 0 radical (unpaired) electrons. The van der Waals surface area contributed by atoms with Crippen molar-refractivity contribution in [3.63, 3.8) is 0 Å². The molecular weight excluding hydrogens is 326 g/mol. The first-order chi connectivity index (χ1) is 11.4. The Hall–Kier alpha value is -1.60. The van der Waals surface area contributed by atoms with E-state index in [1.165, 1.54) is 10.6 Å². The van der Waals surface area contributed by atoms with E-state index in [9.17, 15) is 13.2 Å². The molecular formula is C17H25N3O3S. The molecule has 1 amide bonds. The lowest BCUT2D eigenvalue weighted by Crippen LogP contribution is -2.44. The first-order valence-electron chi connectivity index (χ1n) is 8.46. The van der Waals surface area contributed by atoms with Crippen LogP contribution in [0.2, 0.25) is 0 Å². The number of nitrogens with zero attached hydrogens (tertiary/aromatic N) is 2. The third-order valence-corrected chi connectivity index (χ3v) is 6.16. The predicted octanol–water partition coefficient (Wildman–Crippen LogP) is 1.22. The number of nitrogens with one attached hydrogen (secondary N) is 1. The van der Waals surface area contributed by atoms with Crippen molar-refractivity contribution in [1.82, 2.24) is 10.2 Å². The molecule has 2 aliphatic rings. The van der Waals surface area contributed by atoms with Crippen molar-refractivity contribution in [1.29, 1.82) is 0 Å². The van der Waals surface area contributed by atoms with Gasteiger partial charge in [-0.15, -0.1) is 0 Å². The van der Waals surface area contributed by atoms with Gasteiger partial charge >= 0.3 is 0 Å². The minimum absolute atomic E-state index is 0.0150. The highest BCUT2D eigenvalue weighted by Gasteiger charge is 2.27. The van der Waals surface area contributed by atoms with E-state index in [-0.39, 0.29) is 11.9 Å². The molecule has 24 heavy (non-hydrogen) atoms. The highest BCUT2D eigenvalue weighted by molar-refractivity contribution is 7.92. The fraction of sp³-hybridized carbons (Fsp3) is 0.588. The van der Waals surface area contributed by atoms with Crippen molar-refractivity contribution >= 4 is 21.6 Å². The fourth-order valence-corrected chi connectivity index (χ4v) is 4.60. The summed E-state index contributed by atoms with van der Waals surface area (Å²) >= 11 is 0. The van der Waals surface area contributed by atoms with Crippen LogP contribution >= 0.6 is 0 Å². The summed E-state index contributed by atoms with van der Waals surface area (Å²) in [7, 11) is -1.41. The number of anilines is 1. The molecule has 1 aromatic rings. The highest BCUT2D eigenvalue weighted by atomic mass is 32.2. The summed E-state index contributed by atoms with van der Waals surface area (Å²) in [6.07, 6.45) is 4.75. The van der Waals surface area contributed by atoms with Gasteiger partial charge in [0, 0.05) is 25.2 Å². The number of amides is 1. The van der Waals surface area contributed by atoms with Gasteiger partial charge in [-0.25, -0.2) is 8.42 Å². The maximum atomic E-state index is 12.8. The van der Waals surface area contributed by atoms with E-state index in [0.29, 0.717) is 17.8 Å². The van der Waals surface area contributed by atoms with Gasteiger partial charge in [0.25, 0.3) is 5.91 Å². The van der Waals surface area contributed by atoms with Crippen LogP contribution in [0.15, 0.2) is 18.2 Å². The van der Waals surface area contributed by atoms with Crippen LogP contribution in [0.5, 0.6) is 0 Å². The number of aryl methyl sites for hydroxylation is 1. The molecule has 1 saturated heterocycles. The Kier molecular flexibility index (Phi) is 4.83. The van der Waals surface area contributed by atoms with Gasteiger partial charge < -0.3 is 10.2 Å². The van der Waals surface area contributed by atoms with Gasteiger partial charge in [-0.05, 0) is 62.5 Å². The van der Waals surface area contributed by atoms with Gasteiger partial charge in [-0.1, -0.05) is 0 Å². The van der Waals surface area contributed by atoms with E-state index in [2.05, 4.69) is 5.32 Å². The largest absolute Gasteiger partial charge is 0.339 e. The van der Waals surface area contributed by atoms with Crippen LogP contribution in [0.25, 0.3) is 0 Å². The molecule has 6 nitrogen and oxygen atoms in total. The van der Waals surface area contributed by atoms with E-state index in [0.717, 1.165) is 44.3 Å². The average Bonchev–Trinajstić information content (AvgIpc) is 2.59. The number of benzene rings is 1. The van der Waals surface area contributed by atoms with E-state index in [4.69, 9.17) is 0 Å². The molecule has 0 aromatic heterocycles. The van der Waals surface area contributed by atoms with Gasteiger partial charge in [-0.3, -0.25) is 9.10 Å². The molecule has 0 bridgehead atoms. The van der Waals surface area contributed by atoms with E-state index in [1.54, 1.807) is 12.1 Å². The third kappa shape index (κ3) is 3.42. The Morgan fingerprint density at radius 3 is 2.67 bits per heavy atom. The maximum Gasteiger partial charge on any atom is 0.253 e. The maximum absolute atomic E-state index is 12.8. The van der Waals surface area contributed by atoms with E-state index >= 15 is 0 Å². The number of hydrogen-bond acceptors (Lipinski definition) is 4. The zero-order valence-electron chi connectivity index (χ0n) is 14.3. The first-order valence-corrected chi connectivity index (χ1v) is 10.3. The normalized spacial score (nSPS) is 19.0. The topological polar surface area (TPSA) is 69.7 Å². The molecule has 0 spiro atoms. The van der Waals surface area contributed by atoms with Gasteiger partial charge in [0.1, 0.15) is 0 Å². The number of sulfonamides is 1. The summed E-state index contributed by atoms with van der Waals surface area (Å²) in [6.45, 7) is 2.39. The number of piperidine rings is 1. The fourth-order valence-electron chi connectivity index (χ4n) is 3.60. The van der Waals surface area contributed by atoms with Crippen molar-refractivity contribution in [3.8, 4) is 0 Å². The Morgan fingerprint density at radius 2 is 2.00 bits per heavy atom. The van der Waals surface area contributed by atoms with Gasteiger partial charge in [0.05, 0.1) is 11.9 Å². The van der Waals surface area contributed by atoms with Crippen LogP contribution in [0, 0.1) is 0 Å². The lowest BCUT2D eigenvalue weighted by Gasteiger charge is -2.32. The standard InChI is InChI=1S/C17H25N3O3S/c1-19(15-7-9-18-10-8-15)17(21)14-5-6-16-13(12-14)4-3-11-20(16)24(2,22)23/h5-6,12,15,18H,3-4,7-11H2,1-2H3. The number of carbonyl (C=O) groups excluding carboxylic acids is 1. The molecule has 0 aliphatic carbocycles.